The number of carboxylic acids is 2. The predicted octanol–water partition coefficient (Wildman–Crippen LogP) is 5.27. The van der Waals surface area contributed by atoms with Gasteiger partial charge < -0.3 is 14.9 Å². The molecule has 0 radical (unpaired) electrons. The van der Waals surface area contributed by atoms with Gasteiger partial charge in [-0.1, -0.05) is 84.4 Å². The summed E-state index contributed by atoms with van der Waals surface area (Å²) in [4.78, 5) is 20.9. The van der Waals surface area contributed by atoms with Crippen molar-refractivity contribution < 1.29 is 24.5 Å². The highest BCUT2D eigenvalue weighted by atomic mass is 16.5. The Kier molecular flexibility index (Phi) is 8.74. The van der Waals surface area contributed by atoms with Crippen molar-refractivity contribution in [1.29, 1.82) is 0 Å². The first-order valence-corrected chi connectivity index (χ1v) is 12.8. The van der Waals surface area contributed by atoms with Crippen LogP contribution in [-0.4, -0.2) is 52.3 Å². The van der Waals surface area contributed by atoms with Crippen LogP contribution in [0.2, 0.25) is 0 Å². The molecular weight excluding hydrogens is 466 g/mol. The second kappa shape index (κ2) is 12.2. The Hall–Kier alpha value is -3.48. The molecule has 2 bridgehead atoms. The van der Waals surface area contributed by atoms with Crippen molar-refractivity contribution >= 4 is 11.9 Å². The van der Waals surface area contributed by atoms with Crippen molar-refractivity contribution in [2.24, 2.45) is 5.92 Å². The number of aryl methyl sites for hydroxylation is 2. The van der Waals surface area contributed by atoms with Crippen molar-refractivity contribution in [3.8, 4) is 0 Å². The zero-order valence-electron chi connectivity index (χ0n) is 21.4. The average molecular weight is 502 g/mol. The molecular formula is C31H35NO5. The summed E-state index contributed by atoms with van der Waals surface area (Å²) < 4.78 is 6.83. The van der Waals surface area contributed by atoms with Crippen molar-refractivity contribution in [2.45, 2.75) is 51.4 Å². The Morgan fingerprint density at radius 2 is 1.41 bits per heavy atom. The lowest BCUT2D eigenvalue weighted by Crippen LogP contribution is -2.60. The third kappa shape index (κ3) is 6.45. The minimum absolute atomic E-state index is 0.257. The molecule has 194 valence electrons. The first kappa shape index (κ1) is 26.6. The van der Waals surface area contributed by atoms with Crippen LogP contribution in [0.5, 0.6) is 0 Å². The minimum atomic E-state index is -1.82. The maximum atomic E-state index is 9.10. The van der Waals surface area contributed by atoms with Crippen molar-refractivity contribution in [3.05, 3.63) is 107 Å². The van der Waals surface area contributed by atoms with Gasteiger partial charge in [0.15, 0.2) is 0 Å². The van der Waals surface area contributed by atoms with Gasteiger partial charge in [-0.15, -0.1) is 0 Å². The molecule has 37 heavy (non-hydrogen) atoms. The number of carbonyl (C=O) groups is 2. The normalized spacial score (nSPS) is 22.2. The van der Waals surface area contributed by atoms with Gasteiger partial charge >= 0.3 is 11.9 Å². The number of fused-ring (bicyclic) bond motifs is 3. The van der Waals surface area contributed by atoms with Crippen molar-refractivity contribution in [2.75, 3.05) is 13.1 Å². The van der Waals surface area contributed by atoms with E-state index in [1.807, 2.05) is 0 Å². The molecule has 0 aliphatic carbocycles. The third-order valence-corrected chi connectivity index (χ3v) is 7.57. The number of benzene rings is 3. The Morgan fingerprint density at radius 3 is 1.92 bits per heavy atom. The Bertz CT molecular complexity index is 1140. The van der Waals surface area contributed by atoms with Crippen LogP contribution in [0.25, 0.3) is 0 Å². The third-order valence-electron chi connectivity index (χ3n) is 7.57. The lowest BCUT2D eigenvalue weighted by molar-refractivity contribution is -0.159. The number of piperidine rings is 3. The lowest BCUT2D eigenvalue weighted by Gasteiger charge is -2.53. The van der Waals surface area contributed by atoms with Gasteiger partial charge in [0.2, 0.25) is 0 Å². The van der Waals surface area contributed by atoms with Gasteiger partial charge in [0.05, 0.1) is 12.7 Å². The molecule has 3 heterocycles. The minimum Gasteiger partial charge on any atom is -0.473 e. The molecule has 0 amide bonds. The summed E-state index contributed by atoms with van der Waals surface area (Å²) in [5.74, 6) is -2.67. The number of ether oxygens (including phenoxy) is 1. The van der Waals surface area contributed by atoms with Crippen LogP contribution in [0, 0.1) is 19.8 Å². The van der Waals surface area contributed by atoms with Crippen LogP contribution in [0.4, 0.5) is 0 Å². The van der Waals surface area contributed by atoms with E-state index in [-0.39, 0.29) is 6.10 Å². The molecule has 3 saturated heterocycles. The fraction of sp³-hybridized carbons (Fsp3) is 0.355. The van der Waals surface area contributed by atoms with E-state index < -0.39 is 11.9 Å². The van der Waals surface area contributed by atoms with Crippen LogP contribution in [0.3, 0.4) is 0 Å². The highest BCUT2D eigenvalue weighted by molar-refractivity contribution is 6.27. The summed E-state index contributed by atoms with van der Waals surface area (Å²) in [5.41, 5.74) is 6.75. The molecule has 2 atom stereocenters. The quantitative estimate of drug-likeness (QED) is 0.448. The number of hydrogen-bond acceptors (Lipinski definition) is 4. The van der Waals surface area contributed by atoms with E-state index in [4.69, 9.17) is 24.5 Å². The maximum absolute atomic E-state index is 9.10. The number of carboxylic acid groups (broad SMARTS) is 2. The number of nitrogens with zero attached hydrogens (tertiary/aromatic N) is 1. The molecule has 6 heteroatoms. The van der Waals surface area contributed by atoms with E-state index in [9.17, 15) is 0 Å². The molecule has 0 spiro atoms. The fourth-order valence-electron chi connectivity index (χ4n) is 5.72. The molecule has 6 nitrogen and oxygen atoms in total. The van der Waals surface area contributed by atoms with E-state index in [1.54, 1.807) is 0 Å². The monoisotopic (exact) mass is 501 g/mol. The largest absolute Gasteiger partial charge is 0.473 e. The van der Waals surface area contributed by atoms with Crippen LogP contribution in [0.15, 0.2) is 78.9 Å². The second-order valence-electron chi connectivity index (χ2n) is 9.98. The van der Waals surface area contributed by atoms with Crippen LogP contribution in [-0.2, 0) is 20.9 Å². The van der Waals surface area contributed by atoms with Gasteiger partial charge in [0, 0.05) is 12.0 Å². The molecule has 3 aromatic carbocycles. The summed E-state index contributed by atoms with van der Waals surface area (Å²) in [5, 5.41) is 14.8. The molecule has 0 saturated carbocycles. The van der Waals surface area contributed by atoms with Gasteiger partial charge in [-0.2, -0.15) is 0 Å². The average Bonchev–Trinajstić information content (AvgIpc) is 2.92. The van der Waals surface area contributed by atoms with E-state index in [1.165, 1.54) is 53.7 Å². The zero-order chi connectivity index (χ0) is 26.4. The van der Waals surface area contributed by atoms with Crippen LogP contribution >= 0.6 is 0 Å². The predicted molar refractivity (Wildman–Crippen MR) is 143 cm³/mol. The van der Waals surface area contributed by atoms with Crippen molar-refractivity contribution in [1.82, 2.24) is 4.90 Å². The standard InChI is InChI=1S/C29H33NO.C2H2O4/c1-21-13-14-22(2)26(19-21)20-31-29-25-15-17-30(18-16-25)28(29)27(23-9-5-3-6-10-23)24-11-7-4-8-12-24;3-1(4)2(5)6/h3-14,19,25,27-29H,15-18,20H2,1-2H3;(H,3,4)(H,5,6). The van der Waals surface area contributed by atoms with Gasteiger partial charge in [-0.05, 0) is 68.0 Å². The smallest absolute Gasteiger partial charge is 0.414 e. The summed E-state index contributed by atoms with van der Waals surface area (Å²) in [6.45, 7) is 7.45. The second-order valence-corrected chi connectivity index (χ2v) is 9.98. The Morgan fingerprint density at radius 1 is 0.865 bits per heavy atom. The number of rotatable bonds is 6. The molecule has 6 rings (SSSR count). The van der Waals surface area contributed by atoms with Gasteiger partial charge in [-0.25, -0.2) is 9.59 Å². The fourth-order valence-corrected chi connectivity index (χ4v) is 5.72. The molecule has 3 aliphatic rings. The number of hydrogen-bond donors (Lipinski definition) is 2. The van der Waals surface area contributed by atoms with Gasteiger partial charge in [0.25, 0.3) is 0 Å². The van der Waals surface area contributed by atoms with Gasteiger partial charge in [-0.3, -0.25) is 4.90 Å². The summed E-state index contributed by atoms with van der Waals surface area (Å²) >= 11 is 0. The zero-order valence-corrected chi connectivity index (χ0v) is 21.4. The van der Waals surface area contributed by atoms with E-state index >= 15 is 0 Å². The summed E-state index contributed by atoms with van der Waals surface area (Å²) in [7, 11) is 0. The first-order valence-electron chi connectivity index (χ1n) is 12.8. The molecule has 2 N–H and O–H groups in total. The summed E-state index contributed by atoms with van der Waals surface area (Å²) in [6.07, 6.45) is 2.77. The van der Waals surface area contributed by atoms with E-state index in [2.05, 4.69) is 97.6 Å². The first-order chi connectivity index (χ1) is 17.8. The Labute approximate surface area is 218 Å². The van der Waals surface area contributed by atoms with E-state index in [0.717, 1.165) is 0 Å². The molecule has 3 aromatic rings. The van der Waals surface area contributed by atoms with Crippen LogP contribution in [0.1, 0.15) is 46.6 Å². The maximum Gasteiger partial charge on any atom is 0.414 e. The number of aliphatic carboxylic acids is 2. The lowest BCUT2D eigenvalue weighted by atomic mass is 9.72. The molecule has 3 aliphatic heterocycles. The Balaban J connectivity index is 0.000000480. The van der Waals surface area contributed by atoms with Gasteiger partial charge in [0.1, 0.15) is 0 Å². The van der Waals surface area contributed by atoms with E-state index in [0.29, 0.717) is 24.5 Å². The van der Waals surface area contributed by atoms with Crippen molar-refractivity contribution in [3.63, 3.8) is 0 Å². The molecule has 0 aromatic heterocycles. The van der Waals surface area contributed by atoms with Crippen LogP contribution < -0.4 is 0 Å². The topological polar surface area (TPSA) is 87.1 Å². The summed E-state index contributed by atoms with van der Waals surface area (Å²) in [6, 6.07) is 29.2. The SMILES string of the molecule is Cc1ccc(C)c(COC2C3CCN(CC3)C2C(c2ccccc2)c2ccccc2)c1.O=C(O)C(=O)O. The highest BCUT2D eigenvalue weighted by Crippen LogP contribution is 2.43. The molecule has 3 fully saturated rings. The highest BCUT2D eigenvalue weighted by Gasteiger charge is 2.47. The molecule has 2 unspecified atom stereocenters.